The second kappa shape index (κ2) is 6.32. The second-order valence-corrected chi connectivity index (χ2v) is 8.24. The molecule has 30 heavy (non-hydrogen) atoms. The van der Waals surface area contributed by atoms with Crippen molar-refractivity contribution in [2.24, 2.45) is 0 Å². The summed E-state index contributed by atoms with van der Waals surface area (Å²) in [7, 11) is 0. The Morgan fingerprint density at radius 3 is 2.43 bits per heavy atom. The molecule has 1 spiro atoms. The fourth-order valence-corrected chi connectivity index (χ4v) is 5.09. The number of fused-ring (bicyclic) bond motifs is 5. The van der Waals surface area contributed by atoms with E-state index in [1.54, 1.807) is 6.08 Å². The molecule has 1 aliphatic heterocycles. The summed E-state index contributed by atoms with van der Waals surface area (Å²) < 4.78 is 6.65. The number of rotatable bonds is 1. The summed E-state index contributed by atoms with van der Waals surface area (Å²) in [6, 6.07) is 28.1. The molecular formula is C27H17ClO2. The average Bonchev–Trinajstić information content (AvgIpc) is 3.14. The molecule has 0 bridgehead atoms. The molecule has 0 saturated carbocycles. The molecule has 2 aliphatic rings. The van der Waals surface area contributed by atoms with Gasteiger partial charge in [-0.1, -0.05) is 84.4 Å². The lowest BCUT2D eigenvalue weighted by Crippen LogP contribution is -2.45. The number of ether oxygens (including phenoxy) is 1. The fraction of sp³-hybridized carbons (Fsp3) is 0.0741. The van der Waals surface area contributed by atoms with E-state index in [1.165, 1.54) is 0 Å². The zero-order valence-electron chi connectivity index (χ0n) is 16.0. The average molecular weight is 409 g/mol. The Balaban J connectivity index is 1.72. The Hall–Kier alpha value is -3.36. The van der Waals surface area contributed by atoms with E-state index in [2.05, 4.69) is 18.2 Å². The maximum Gasteiger partial charge on any atom is 0.207 e. The summed E-state index contributed by atoms with van der Waals surface area (Å²) in [6.45, 7) is 0. The van der Waals surface area contributed by atoms with Crippen molar-refractivity contribution >= 4 is 34.2 Å². The smallest absolute Gasteiger partial charge is 0.207 e. The van der Waals surface area contributed by atoms with E-state index >= 15 is 0 Å². The van der Waals surface area contributed by atoms with Gasteiger partial charge in [0.25, 0.3) is 0 Å². The molecule has 0 radical (unpaired) electrons. The molecule has 4 aromatic carbocycles. The number of ketones is 1. The number of halogens is 1. The quantitative estimate of drug-likeness (QED) is 0.359. The summed E-state index contributed by atoms with van der Waals surface area (Å²) in [5.74, 6) is 0.433. The Morgan fingerprint density at radius 2 is 1.57 bits per heavy atom. The number of hydrogen-bond donors (Lipinski definition) is 0. The first-order chi connectivity index (χ1) is 14.7. The van der Waals surface area contributed by atoms with Gasteiger partial charge in [-0.15, -0.1) is 0 Å². The molecule has 0 fully saturated rings. The normalized spacial score (nSPS) is 21.5. The SMILES string of the molecule is O=C1C=Cc2ccccc2[C@@]12Oc1ccc3ccccc3c1[C@H]2c1ccc(Cl)cc1. The van der Waals surface area contributed by atoms with Gasteiger partial charge in [0.1, 0.15) is 5.75 Å². The van der Waals surface area contributed by atoms with Crippen LogP contribution >= 0.6 is 11.6 Å². The highest BCUT2D eigenvalue weighted by Crippen LogP contribution is 2.57. The van der Waals surface area contributed by atoms with Gasteiger partial charge in [-0.2, -0.15) is 0 Å². The van der Waals surface area contributed by atoms with Crippen molar-refractivity contribution in [3.8, 4) is 5.75 Å². The zero-order valence-corrected chi connectivity index (χ0v) is 16.8. The molecule has 0 N–H and O–H groups in total. The van der Waals surface area contributed by atoms with Crippen molar-refractivity contribution < 1.29 is 9.53 Å². The first-order valence-corrected chi connectivity index (χ1v) is 10.3. The van der Waals surface area contributed by atoms with Crippen LogP contribution in [0, 0.1) is 0 Å². The maximum atomic E-state index is 13.6. The minimum atomic E-state index is -1.13. The number of hydrogen-bond acceptors (Lipinski definition) is 2. The van der Waals surface area contributed by atoms with E-state index in [4.69, 9.17) is 16.3 Å². The van der Waals surface area contributed by atoms with Gasteiger partial charge in [-0.3, -0.25) is 4.79 Å². The predicted octanol–water partition coefficient (Wildman–Crippen LogP) is 6.51. The van der Waals surface area contributed by atoms with E-state index in [0.29, 0.717) is 5.02 Å². The predicted molar refractivity (Wildman–Crippen MR) is 120 cm³/mol. The van der Waals surface area contributed by atoms with Crippen LogP contribution in [0.2, 0.25) is 5.02 Å². The summed E-state index contributed by atoms with van der Waals surface area (Å²) >= 11 is 6.19. The molecule has 144 valence electrons. The van der Waals surface area contributed by atoms with Crippen molar-refractivity contribution in [2.45, 2.75) is 11.5 Å². The molecule has 0 saturated heterocycles. The van der Waals surface area contributed by atoms with Gasteiger partial charge in [-0.25, -0.2) is 0 Å². The van der Waals surface area contributed by atoms with Gasteiger partial charge in [0, 0.05) is 16.1 Å². The molecule has 1 aliphatic carbocycles. The summed E-state index contributed by atoms with van der Waals surface area (Å²) in [6.07, 6.45) is 3.53. The molecule has 4 aromatic rings. The fourth-order valence-electron chi connectivity index (χ4n) is 4.96. The van der Waals surface area contributed by atoms with E-state index < -0.39 is 5.60 Å². The first-order valence-electron chi connectivity index (χ1n) is 9.96. The van der Waals surface area contributed by atoms with E-state index in [9.17, 15) is 4.79 Å². The maximum absolute atomic E-state index is 13.6. The van der Waals surface area contributed by atoms with Crippen molar-refractivity contribution in [3.63, 3.8) is 0 Å². The molecule has 0 amide bonds. The summed E-state index contributed by atoms with van der Waals surface area (Å²) in [5, 5.41) is 2.90. The van der Waals surface area contributed by atoms with Crippen LogP contribution in [-0.2, 0) is 10.4 Å². The Kier molecular flexibility index (Phi) is 3.68. The minimum Gasteiger partial charge on any atom is -0.473 e. The zero-order chi connectivity index (χ0) is 20.3. The van der Waals surface area contributed by atoms with Crippen LogP contribution in [0.15, 0.2) is 91.0 Å². The summed E-state index contributed by atoms with van der Waals surface area (Å²) in [5.41, 5.74) is 2.83. The lowest BCUT2D eigenvalue weighted by atomic mass is 9.69. The highest BCUT2D eigenvalue weighted by molar-refractivity contribution is 6.30. The van der Waals surface area contributed by atoms with Gasteiger partial charge in [0.05, 0.1) is 5.92 Å². The molecule has 0 unspecified atom stereocenters. The third-order valence-electron chi connectivity index (χ3n) is 6.24. The Labute approximate surface area is 179 Å². The third kappa shape index (κ3) is 2.28. The topological polar surface area (TPSA) is 26.3 Å². The van der Waals surface area contributed by atoms with Gasteiger partial charge in [0.15, 0.2) is 0 Å². The van der Waals surface area contributed by atoms with Gasteiger partial charge < -0.3 is 4.74 Å². The van der Waals surface area contributed by atoms with Crippen LogP contribution in [0.5, 0.6) is 5.75 Å². The Morgan fingerprint density at radius 1 is 0.800 bits per heavy atom. The van der Waals surface area contributed by atoms with Crippen LogP contribution in [-0.4, -0.2) is 5.78 Å². The second-order valence-electron chi connectivity index (χ2n) is 7.81. The third-order valence-corrected chi connectivity index (χ3v) is 6.49. The minimum absolute atomic E-state index is 0.0403. The molecule has 0 aromatic heterocycles. The molecule has 2 atom stereocenters. The van der Waals surface area contributed by atoms with Crippen LogP contribution < -0.4 is 4.74 Å². The number of benzene rings is 4. The molecule has 1 heterocycles. The van der Waals surface area contributed by atoms with Gasteiger partial charge >= 0.3 is 0 Å². The molecular weight excluding hydrogens is 392 g/mol. The number of carbonyl (C=O) groups excluding carboxylic acids is 1. The van der Waals surface area contributed by atoms with E-state index in [-0.39, 0.29) is 11.7 Å². The van der Waals surface area contributed by atoms with Gasteiger partial charge in [0.2, 0.25) is 11.4 Å². The lowest BCUT2D eigenvalue weighted by Gasteiger charge is -2.36. The highest BCUT2D eigenvalue weighted by Gasteiger charge is 2.57. The van der Waals surface area contributed by atoms with Gasteiger partial charge in [-0.05, 0) is 46.2 Å². The van der Waals surface area contributed by atoms with Crippen molar-refractivity contribution in [1.29, 1.82) is 0 Å². The van der Waals surface area contributed by atoms with Crippen molar-refractivity contribution in [3.05, 3.63) is 118 Å². The largest absolute Gasteiger partial charge is 0.473 e. The van der Waals surface area contributed by atoms with Crippen LogP contribution in [0.1, 0.15) is 28.2 Å². The molecule has 3 heteroatoms. The monoisotopic (exact) mass is 408 g/mol. The standard InChI is InChI=1S/C27H17ClO2/c28-20-13-9-19(10-14-20)26-25-21-7-3-1-5-17(21)11-15-23(25)30-27(26)22-8-4-2-6-18(22)12-16-24(27)29/h1-16,26H/t26-,27-/m1/s1. The van der Waals surface area contributed by atoms with Crippen molar-refractivity contribution in [1.82, 2.24) is 0 Å². The van der Waals surface area contributed by atoms with Crippen LogP contribution in [0.3, 0.4) is 0 Å². The summed E-state index contributed by atoms with van der Waals surface area (Å²) in [4.78, 5) is 13.6. The van der Waals surface area contributed by atoms with E-state index in [0.717, 1.165) is 38.8 Å². The Bertz CT molecular complexity index is 1350. The lowest BCUT2D eigenvalue weighted by molar-refractivity contribution is -0.130. The number of carbonyl (C=O) groups is 1. The van der Waals surface area contributed by atoms with Crippen molar-refractivity contribution in [2.75, 3.05) is 0 Å². The van der Waals surface area contributed by atoms with Crippen LogP contribution in [0.25, 0.3) is 16.8 Å². The molecule has 6 rings (SSSR count). The van der Waals surface area contributed by atoms with Crippen LogP contribution in [0.4, 0.5) is 0 Å². The highest BCUT2D eigenvalue weighted by atomic mass is 35.5. The first kappa shape index (κ1) is 17.5. The van der Waals surface area contributed by atoms with E-state index in [1.807, 2.05) is 72.8 Å². The molecule has 2 nitrogen and oxygen atoms in total.